The van der Waals surface area contributed by atoms with Gasteiger partial charge in [-0.25, -0.2) is 14.2 Å². The largest absolute Gasteiger partial charge is 0.465 e. The van der Waals surface area contributed by atoms with Gasteiger partial charge < -0.3 is 9.30 Å². The molecule has 0 aliphatic carbocycles. The van der Waals surface area contributed by atoms with Crippen LogP contribution >= 0.6 is 11.3 Å². The van der Waals surface area contributed by atoms with E-state index in [1.165, 1.54) is 30.6 Å². The van der Waals surface area contributed by atoms with E-state index >= 15 is 0 Å². The third-order valence-corrected chi connectivity index (χ3v) is 6.23. The van der Waals surface area contributed by atoms with Crippen LogP contribution in [0.25, 0.3) is 43.3 Å². The molecule has 0 N–H and O–H groups in total. The number of rotatable bonds is 4. The van der Waals surface area contributed by atoms with Gasteiger partial charge in [0, 0.05) is 18.2 Å². The van der Waals surface area contributed by atoms with Crippen molar-refractivity contribution in [2.45, 2.75) is 0 Å². The Bertz CT molecular complexity index is 1470. The van der Waals surface area contributed by atoms with Gasteiger partial charge in [0.25, 0.3) is 0 Å². The summed E-state index contributed by atoms with van der Waals surface area (Å²) in [6.07, 6.45) is 1.59. The first-order chi connectivity index (χ1) is 15.5. The molecule has 3 aromatic carbocycles. The molecule has 0 bridgehead atoms. The maximum atomic E-state index is 14.1. The first-order valence-corrected chi connectivity index (χ1v) is 10.6. The van der Waals surface area contributed by atoms with Crippen molar-refractivity contribution in [3.8, 4) is 33.1 Å². The van der Waals surface area contributed by atoms with E-state index in [1.807, 2.05) is 37.4 Å². The van der Waals surface area contributed by atoms with Crippen LogP contribution in [-0.4, -0.2) is 32.8 Å². The number of thiazole rings is 1. The lowest BCUT2D eigenvalue weighted by molar-refractivity contribution is 0.0601. The van der Waals surface area contributed by atoms with Crippen LogP contribution in [0.4, 0.5) is 4.39 Å². The molecule has 0 spiro atoms. The normalized spacial score (nSPS) is 11.1. The molecular weight excluding hydrogens is 427 g/mol. The highest BCUT2D eigenvalue weighted by molar-refractivity contribution is 7.21. The summed E-state index contributed by atoms with van der Waals surface area (Å²) in [4.78, 5) is 16.6. The van der Waals surface area contributed by atoms with Crippen molar-refractivity contribution in [1.29, 1.82) is 0 Å². The minimum Gasteiger partial charge on any atom is -0.465 e. The Morgan fingerprint density at radius 2 is 1.88 bits per heavy atom. The summed E-state index contributed by atoms with van der Waals surface area (Å²) in [7, 11) is 3.19. The van der Waals surface area contributed by atoms with Gasteiger partial charge in [0.15, 0.2) is 5.82 Å². The molecule has 0 saturated carbocycles. The van der Waals surface area contributed by atoms with Crippen molar-refractivity contribution in [2.24, 2.45) is 7.05 Å². The van der Waals surface area contributed by atoms with Crippen molar-refractivity contribution < 1.29 is 13.9 Å². The summed E-state index contributed by atoms with van der Waals surface area (Å²) in [5, 5.41) is 8.90. The first-order valence-electron chi connectivity index (χ1n) is 9.77. The summed E-state index contributed by atoms with van der Waals surface area (Å²) >= 11 is 1.50. The number of carbonyl (C=O) groups excluding carboxylic acids is 1. The highest BCUT2D eigenvalue weighted by Crippen LogP contribution is 2.36. The zero-order valence-corrected chi connectivity index (χ0v) is 18.1. The number of benzene rings is 3. The van der Waals surface area contributed by atoms with Crippen LogP contribution in [0, 0.1) is 5.82 Å². The van der Waals surface area contributed by atoms with Crippen LogP contribution in [0.3, 0.4) is 0 Å². The lowest BCUT2D eigenvalue weighted by atomic mass is 9.97. The van der Waals surface area contributed by atoms with Crippen molar-refractivity contribution in [3.63, 3.8) is 0 Å². The molecule has 5 rings (SSSR count). The van der Waals surface area contributed by atoms with Gasteiger partial charge in [-0.2, -0.15) is 0 Å². The Balaban J connectivity index is 1.59. The molecule has 0 unspecified atom stereocenters. The predicted octanol–water partition coefficient (Wildman–Crippen LogP) is 5.35. The van der Waals surface area contributed by atoms with Crippen LogP contribution in [0.15, 0.2) is 67.0 Å². The van der Waals surface area contributed by atoms with Gasteiger partial charge in [-0.1, -0.05) is 24.3 Å². The number of hydrogen-bond donors (Lipinski definition) is 0. The van der Waals surface area contributed by atoms with E-state index in [0.29, 0.717) is 17.0 Å². The maximum absolute atomic E-state index is 14.1. The molecule has 8 heteroatoms. The van der Waals surface area contributed by atoms with Gasteiger partial charge >= 0.3 is 5.97 Å². The number of nitrogens with zero attached hydrogens (tertiary/aromatic N) is 4. The van der Waals surface area contributed by atoms with E-state index in [2.05, 4.69) is 10.2 Å². The second kappa shape index (κ2) is 7.97. The SMILES string of the molecule is COC(=O)c1ccc2nc(-c3cccc(-c4ccc(F)cc4-c4nncn4C)c3)sc2c1. The lowest BCUT2D eigenvalue weighted by Crippen LogP contribution is -1.99. The molecule has 32 heavy (non-hydrogen) atoms. The third kappa shape index (κ3) is 3.54. The molecule has 0 radical (unpaired) electrons. The van der Waals surface area contributed by atoms with Crippen molar-refractivity contribution in [2.75, 3.05) is 7.11 Å². The highest BCUT2D eigenvalue weighted by Gasteiger charge is 2.15. The van der Waals surface area contributed by atoms with Crippen LogP contribution in [-0.2, 0) is 11.8 Å². The first kappa shape index (κ1) is 20.0. The Kier molecular flexibility index (Phi) is 4.99. The van der Waals surface area contributed by atoms with Gasteiger partial charge in [-0.05, 0) is 47.5 Å². The second-order valence-corrected chi connectivity index (χ2v) is 8.26. The van der Waals surface area contributed by atoms with E-state index in [9.17, 15) is 9.18 Å². The molecule has 5 aromatic rings. The molecule has 6 nitrogen and oxygen atoms in total. The monoisotopic (exact) mass is 444 g/mol. The molecule has 0 aliphatic rings. The summed E-state index contributed by atoms with van der Waals surface area (Å²) in [6.45, 7) is 0. The molecule has 0 amide bonds. The standard InChI is InChI=1S/C24H17FN4O2S/c1-29-13-26-28-22(29)19-12-17(25)7-8-18(19)14-4-3-5-15(10-14)23-27-20-9-6-16(24(30)31-2)11-21(20)32-23/h3-13H,1-2H3. The molecule has 158 valence electrons. The Labute approximate surface area is 187 Å². The number of ether oxygens (including phenoxy) is 1. The molecule has 2 heterocycles. The molecule has 2 aromatic heterocycles. The molecule has 0 atom stereocenters. The predicted molar refractivity (Wildman–Crippen MR) is 122 cm³/mol. The van der Waals surface area contributed by atoms with Crippen LogP contribution in [0.2, 0.25) is 0 Å². The fourth-order valence-electron chi connectivity index (χ4n) is 3.59. The van der Waals surface area contributed by atoms with Gasteiger partial charge in [-0.15, -0.1) is 21.5 Å². The summed E-state index contributed by atoms with van der Waals surface area (Å²) in [5.41, 5.74) is 4.65. The molecular formula is C24H17FN4O2S. The number of esters is 1. The number of methoxy groups -OCH3 is 1. The number of carbonyl (C=O) groups is 1. The van der Waals surface area contributed by atoms with Crippen LogP contribution in [0.1, 0.15) is 10.4 Å². The number of aryl methyl sites for hydroxylation is 1. The Hall–Kier alpha value is -3.91. The Morgan fingerprint density at radius 1 is 1.03 bits per heavy atom. The molecule has 0 fully saturated rings. The van der Waals surface area contributed by atoms with Crippen molar-refractivity contribution in [1.82, 2.24) is 19.7 Å². The zero-order chi connectivity index (χ0) is 22.2. The second-order valence-electron chi connectivity index (χ2n) is 7.23. The van der Waals surface area contributed by atoms with Gasteiger partial charge in [0.05, 0.1) is 22.9 Å². The van der Waals surface area contributed by atoms with E-state index in [0.717, 1.165) is 31.9 Å². The van der Waals surface area contributed by atoms with Crippen LogP contribution in [0.5, 0.6) is 0 Å². The maximum Gasteiger partial charge on any atom is 0.337 e. The van der Waals surface area contributed by atoms with E-state index in [1.54, 1.807) is 29.1 Å². The van der Waals surface area contributed by atoms with Crippen LogP contribution < -0.4 is 0 Å². The van der Waals surface area contributed by atoms with E-state index < -0.39 is 0 Å². The molecule has 0 aliphatic heterocycles. The fourth-order valence-corrected chi connectivity index (χ4v) is 4.59. The highest BCUT2D eigenvalue weighted by atomic mass is 32.1. The number of aromatic nitrogens is 4. The van der Waals surface area contributed by atoms with E-state index in [4.69, 9.17) is 9.72 Å². The zero-order valence-electron chi connectivity index (χ0n) is 17.2. The quantitative estimate of drug-likeness (QED) is 0.350. The number of hydrogen-bond acceptors (Lipinski definition) is 6. The summed E-state index contributed by atoms with van der Waals surface area (Å²) in [5.74, 6) is -0.132. The van der Waals surface area contributed by atoms with E-state index in [-0.39, 0.29) is 11.8 Å². The third-order valence-electron chi connectivity index (χ3n) is 5.16. The number of fused-ring (bicyclic) bond motifs is 1. The van der Waals surface area contributed by atoms with Gasteiger partial charge in [-0.3, -0.25) is 0 Å². The summed E-state index contributed by atoms with van der Waals surface area (Å²) < 4.78 is 21.5. The minimum absolute atomic E-state index is 0.338. The van der Waals surface area contributed by atoms with Gasteiger partial charge in [0.1, 0.15) is 17.2 Å². The smallest absolute Gasteiger partial charge is 0.337 e. The Morgan fingerprint density at radius 3 is 2.66 bits per heavy atom. The average molecular weight is 444 g/mol. The van der Waals surface area contributed by atoms with Crippen molar-refractivity contribution >= 4 is 27.5 Å². The fraction of sp³-hybridized carbons (Fsp3) is 0.0833. The lowest BCUT2D eigenvalue weighted by Gasteiger charge is -2.10. The van der Waals surface area contributed by atoms with Gasteiger partial charge in [0.2, 0.25) is 0 Å². The average Bonchev–Trinajstić information content (AvgIpc) is 3.44. The topological polar surface area (TPSA) is 69.9 Å². The minimum atomic E-state index is -0.378. The summed E-state index contributed by atoms with van der Waals surface area (Å²) in [6, 6.07) is 17.9. The molecule has 0 saturated heterocycles. The number of halogens is 1. The van der Waals surface area contributed by atoms with Crippen molar-refractivity contribution in [3.05, 3.63) is 78.4 Å².